The molecule has 3 aromatic rings. The van der Waals surface area contributed by atoms with Crippen molar-refractivity contribution in [2.45, 2.75) is 49.8 Å². The summed E-state index contributed by atoms with van der Waals surface area (Å²) in [6.45, 7) is 1.35. The summed E-state index contributed by atoms with van der Waals surface area (Å²) in [4.78, 5) is 33.9. The van der Waals surface area contributed by atoms with E-state index in [4.69, 9.17) is 4.74 Å². The van der Waals surface area contributed by atoms with Crippen LogP contribution in [0.25, 0.3) is 10.2 Å². The van der Waals surface area contributed by atoms with Crippen LogP contribution < -0.4 is 11.0 Å². The van der Waals surface area contributed by atoms with E-state index >= 15 is 0 Å². The number of rotatable bonds is 6. The molecule has 5 rings (SSSR count). The van der Waals surface area contributed by atoms with Crippen LogP contribution in [0, 0.1) is 0 Å². The van der Waals surface area contributed by atoms with Crippen LogP contribution in [-0.2, 0) is 28.9 Å². The summed E-state index contributed by atoms with van der Waals surface area (Å²) >= 11 is 2.79. The van der Waals surface area contributed by atoms with Gasteiger partial charge in [0.15, 0.2) is 5.13 Å². The molecule has 0 radical (unpaired) electrons. The third-order valence-electron chi connectivity index (χ3n) is 5.49. The summed E-state index contributed by atoms with van der Waals surface area (Å²) in [5.74, 6) is 0.0565. The van der Waals surface area contributed by atoms with Crippen molar-refractivity contribution in [2.75, 3.05) is 17.7 Å². The first-order chi connectivity index (χ1) is 14.7. The number of para-hydroxylation sites is 1. The van der Waals surface area contributed by atoms with Gasteiger partial charge in [0.05, 0.1) is 28.6 Å². The average Bonchev–Trinajstić information content (AvgIpc) is 3.48. The highest BCUT2D eigenvalue weighted by Crippen LogP contribution is 2.30. The Kier molecular flexibility index (Phi) is 5.58. The maximum absolute atomic E-state index is 12.7. The monoisotopic (exact) mass is 442 g/mol. The molecule has 30 heavy (non-hydrogen) atoms. The van der Waals surface area contributed by atoms with Gasteiger partial charge in [0.2, 0.25) is 5.91 Å². The second kappa shape index (κ2) is 8.49. The van der Waals surface area contributed by atoms with Gasteiger partial charge in [0.1, 0.15) is 5.03 Å². The van der Waals surface area contributed by atoms with Crippen molar-refractivity contribution < 1.29 is 9.53 Å². The summed E-state index contributed by atoms with van der Waals surface area (Å²) in [6.07, 6.45) is 4.93. The molecule has 1 N–H and O–H groups in total. The summed E-state index contributed by atoms with van der Waals surface area (Å²) in [6, 6.07) is 7.79. The SMILES string of the molecule is O=C(CSc1nc(=O)n(CC2CCCO2)c2c1CCC2)Nc1nc2ccccc2s1. The lowest BCUT2D eigenvalue weighted by Gasteiger charge is -2.17. The minimum atomic E-state index is -0.236. The van der Waals surface area contributed by atoms with Crippen molar-refractivity contribution in [3.63, 3.8) is 0 Å². The number of carbonyl (C=O) groups excluding carboxylic acids is 1. The third-order valence-corrected chi connectivity index (χ3v) is 7.46. The van der Waals surface area contributed by atoms with Gasteiger partial charge in [-0.1, -0.05) is 35.2 Å². The van der Waals surface area contributed by atoms with Gasteiger partial charge in [-0.3, -0.25) is 9.36 Å². The maximum Gasteiger partial charge on any atom is 0.348 e. The fourth-order valence-corrected chi connectivity index (χ4v) is 5.86. The van der Waals surface area contributed by atoms with Crippen molar-refractivity contribution >= 4 is 44.4 Å². The lowest BCUT2D eigenvalue weighted by Crippen LogP contribution is -2.31. The lowest BCUT2D eigenvalue weighted by atomic mass is 10.2. The summed E-state index contributed by atoms with van der Waals surface area (Å²) in [7, 11) is 0. The largest absolute Gasteiger partial charge is 0.376 e. The number of ether oxygens (including phenoxy) is 1. The molecule has 1 unspecified atom stereocenters. The molecule has 1 fully saturated rings. The summed E-state index contributed by atoms with van der Waals surface area (Å²) in [5.41, 5.74) is 2.82. The Morgan fingerprint density at radius 3 is 3.00 bits per heavy atom. The van der Waals surface area contributed by atoms with E-state index in [2.05, 4.69) is 15.3 Å². The molecule has 0 bridgehead atoms. The highest BCUT2D eigenvalue weighted by atomic mass is 32.2. The molecule has 9 heteroatoms. The van der Waals surface area contributed by atoms with E-state index in [1.807, 2.05) is 24.3 Å². The van der Waals surface area contributed by atoms with Crippen molar-refractivity contribution in [3.05, 3.63) is 46.0 Å². The lowest BCUT2D eigenvalue weighted by molar-refractivity contribution is -0.113. The van der Waals surface area contributed by atoms with Gasteiger partial charge in [0.25, 0.3) is 0 Å². The number of hydrogen-bond acceptors (Lipinski definition) is 7. The smallest absolute Gasteiger partial charge is 0.348 e. The topological polar surface area (TPSA) is 86.1 Å². The molecule has 0 spiro atoms. The Labute approximate surface area is 181 Å². The number of fused-ring (bicyclic) bond motifs is 2. The number of thioether (sulfide) groups is 1. The predicted octanol–water partition coefficient (Wildman–Crippen LogP) is 3.25. The fraction of sp³-hybridized carbons (Fsp3) is 0.429. The van der Waals surface area contributed by atoms with Crippen LogP contribution in [0.2, 0.25) is 0 Å². The van der Waals surface area contributed by atoms with Gasteiger partial charge in [-0.25, -0.2) is 9.78 Å². The zero-order valence-electron chi connectivity index (χ0n) is 16.4. The second-order valence-corrected chi connectivity index (χ2v) is 9.54. The van der Waals surface area contributed by atoms with E-state index < -0.39 is 0 Å². The standard InChI is InChI=1S/C21H22N4O3S2/c26-18(23-20-22-15-7-1-2-9-17(15)30-20)12-29-19-14-6-3-8-16(14)25(21(27)24-19)11-13-5-4-10-28-13/h1-2,7,9,13H,3-6,8,10-12H2,(H,22,23,26). The van der Waals surface area contributed by atoms with E-state index in [-0.39, 0.29) is 23.5 Å². The van der Waals surface area contributed by atoms with Gasteiger partial charge in [-0.15, -0.1) is 0 Å². The van der Waals surface area contributed by atoms with Gasteiger partial charge in [-0.2, -0.15) is 4.98 Å². The van der Waals surface area contributed by atoms with Crippen LogP contribution in [0.1, 0.15) is 30.5 Å². The molecule has 1 saturated heterocycles. The molecule has 156 valence electrons. The number of amides is 1. The molecule has 2 aliphatic rings. The number of anilines is 1. The Hall–Kier alpha value is -2.23. The van der Waals surface area contributed by atoms with Gasteiger partial charge < -0.3 is 10.1 Å². The molecular formula is C21H22N4O3S2. The van der Waals surface area contributed by atoms with Crippen LogP contribution >= 0.6 is 23.1 Å². The highest BCUT2D eigenvalue weighted by molar-refractivity contribution is 8.00. The first-order valence-electron chi connectivity index (χ1n) is 10.2. The third kappa shape index (κ3) is 4.01. The van der Waals surface area contributed by atoms with Crippen molar-refractivity contribution in [1.29, 1.82) is 0 Å². The number of nitrogens with one attached hydrogen (secondary N) is 1. The number of benzene rings is 1. The quantitative estimate of drug-likeness (QED) is 0.466. The summed E-state index contributed by atoms with van der Waals surface area (Å²) in [5, 5.41) is 4.14. The molecule has 1 aliphatic carbocycles. The van der Waals surface area contributed by atoms with Gasteiger partial charge in [0, 0.05) is 17.9 Å². The first-order valence-corrected chi connectivity index (χ1v) is 12.0. The number of carbonyl (C=O) groups is 1. The van der Waals surface area contributed by atoms with Crippen molar-refractivity contribution in [1.82, 2.24) is 14.5 Å². The number of nitrogens with zero attached hydrogens (tertiary/aromatic N) is 3. The molecule has 1 amide bonds. The van der Waals surface area contributed by atoms with Crippen LogP contribution in [-0.4, -0.2) is 38.9 Å². The van der Waals surface area contributed by atoms with E-state index in [9.17, 15) is 9.59 Å². The average molecular weight is 443 g/mol. The zero-order valence-corrected chi connectivity index (χ0v) is 18.1. The van der Waals surface area contributed by atoms with Gasteiger partial charge >= 0.3 is 5.69 Å². The molecule has 7 nitrogen and oxygen atoms in total. The number of aromatic nitrogens is 3. The number of thiazole rings is 1. The summed E-state index contributed by atoms with van der Waals surface area (Å²) < 4.78 is 8.54. The van der Waals surface area contributed by atoms with Crippen LogP contribution in [0.3, 0.4) is 0 Å². The van der Waals surface area contributed by atoms with E-state index in [0.717, 1.165) is 60.2 Å². The predicted molar refractivity (Wildman–Crippen MR) is 118 cm³/mol. The molecule has 1 aromatic carbocycles. The van der Waals surface area contributed by atoms with Gasteiger partial charge in [-0.05, 0) is 44.2 Å². The Bertz CT molecular complexity index is 1120. The van der Waals surface area contributed by atoms with E-state index in [0.29, 0.717) is 16.7 Å². The molecule has 2 aromatic heterocycles. The fourth-order valence-electron chi connectivity index (χ4n) is 4.10. The molecule has 1 aliphatic heterocycles. The minimum absolute atomic E-state index is 0.104. The Morgan fingerprint density at radius 1 is 1.27 bits per heavy atom. The molecule has 1 atom stereocenters. The van der Waals surface area contributed by atoms with Crippen LogP contribution in [0.4, 0.5) is 5.13 Å². The van der Waals surface area contributed by atoms with Crippen LogP contribution in [0.5, 0.6) is 0 Å². The van der Waals surface area contributed by atoms with Crippen LogP contribution in [0.15, 0.2) is 34.1 Å². The first kappa shape index (κ1) is 19.7. The minimum Gasteiger partial charge on any atom is -0.376 e. The maximum atomic E-state index is 12.7. The second-order valence-electron chi connectivity index (χ2n) is 7.55. The molecule has 3 heterocycles. The normalized spacial score (nSPS) is 18.1. The highest BCUT2D eigenvalue weighted by Gasteiger charge is 2.25. The number of hydrogen-bond donors (Lipinski definition) is 1. The molecular weight excluding hydrogens is 420 g/mol. The Morgan fingerprint density at radius 2 is 2.17 bits per heavy atom. The van der Waals surface area contributed by atoms with Crippen molar-refractivity contribution in [2.24, 2.45) is 0 Å². The Balaban J connectivity index is 1.28. The molecule has 0 saturated carbocycles. The van der Waals surface area contributed by atoms with Crippen molar-refractivity contribution in [3.8, 4) is 0 Å². The zero-order chi connectivity index (χ0) is 20.5. The van der Waals surface area contributed by atoms with E-state index in [1.165, 1.54) is 23.1 Å². The van der Waals surface area contributed by atoms with E-state index in [1.54, 1.807) is 4.57 Å².